The molecule has 3 aromatic rings. The van der Waals surface area contributed by atoms with E-state index in [9.17, 15) is 9.59 Å². The van der Waals surface area contributed by atoms with Gasteiger partial charge >= 0.3 is 11.7 Å². The Balaban J connectivity index is 1.65. The summed E-state index contributed by atoms with van der Waals surface area (Å²) in [6, 6.07) is 16.4. The lowest BCUT2D eigenvalue weighted by Crippen LogP contribution is -2.31. The van der Waals surface area contributed by atoms with Gasteiger partial charge < -0.3 is 15.1 Å². The number of urea groups is 1. The van der Waals surface area contributed by atoms with Gasteiger partial charge in [0.1, 0.15) is 5.58 Å². The van der Waals surface area contributed by atoms with Crippen molar-refractivity contribution in [1.29, 1.82) is 0 Å². The van der Waals surface area contributed by atoms with Crippen LogP contribution in [0.15, 0.2) is 63.8 Å². The highest BCUT2D eigenvalue weighted by molar-refractivity contribution is 5.92. The Hall–Kier alpha value is -3.08. The molecule has 0 aliphatic rings. The highest BCUT2D eigenvalue weighted by Crippen LogP contribution is 2.20. The van der Waals surface area contributed by atoms with Gasteiger partial charge in [-0.3, -0.25) is 0 Å². The van der Waals surface area contributed by atoms with Gasteiger partial charge in [0.25, 0.3) is 0 Å². The molecular weight excluding hydrogens is 316 g/mol. The minimum absolute atomic E-state index is 0.212. The predicted octanol–water partition coefficient (Wildman–Crippen LogP) is 4.03. The van der Waals surface area contributed by atoms with Crippen LogP contribution in [0, 0.1) is 6.92 Å². The molecule has 0 saturated heterocycles. The molecule has 2 aromatic carbocycles. The molecule has 5 nitrogen and oxygen atoms in total. The molecule has 1 atom stereocenters. The lowest BCUT2D eigenvalue weighted by Gasteiger charge is -2.14. The summed E-state index contributed by atoms with van der Waals surface area (Å²) in [5.41, 5.74) is 2.65. The molecule has 0 fully saturated rings. The Morgan fingerprint density at radius 3 is 2.64 bits per heavy atom. The molecule has 0 spiro atoms. The van der Waals surface area contributed by atoms with Gasteiger partial charge in [-0.25, -0.2) is 9.59 Å². The van der Waals surface area contributed by atoms with Gasteiger partial charge in [0, 0.05) is 29.8 Å². The fourth-order valence-corrected chi connectivity index (χ4v) is 2.72. The van der Waals surface area contributed by atoms with E-state index in [1.165, 1.54) is 11.6 Å². The third-order valence-electron chi connectivity index (χ3n) is 4.15. The fourth-order valence-electron chi connectivity index (χ4n) is 2.72. The Kier molecular flexibility index (Phi) is 4.84. The van der Waals surface area contributed by atoms with E-state index in [-0.39, 0.29) is 11.9 Å². The van der Waals surface area contributed by atoms with Crippen LogP contribution in [0.1, 0.15) is 24.0 Å². The molecule has 1 aromatic heterocycles. The van der Waals surface area contributed by atoms with E-state index in [0.717, 1.165) is 10.9 Å². The number of amides is 2. The number of hydrogen-bond donors (Lipinski definition) is 2. The minimum Gasteiger partial charge on any atom is -0.423 e. The molecule has 0 unspecified atom stereocenters. The molecule has 0 bridgehead atoms. The number of aryl methyl sites for hydroxylation is 1. The van der Waals surface area contributed by atoms with Crippen LogP contribution in [-0.4, -0.2) is 12.6 Å². The first kappa shape index (κ1) is 16.8. The van der Waals surface area contributed by atoms with Crippen molar-refractivity contribution in [2.24, 2.45) is 0 Å². The van der Waals surface area contributed by atoms with E-state index in [4.69, 9.17) is 4.42 Å². The summed E-state index contributed by atoms with van der Waals surface area (Å²) in [7, 11) is 0. The Bertz CT molecular complexity index is 948. The van der Waals surface area contributed by atoms with Gasteiger partial charge in [-0.05, 0) is 36.1 Å². The smallest absolute Gasteiger partial charge is 0.336 e. The van der Waals surface area contributed by atoms with Crippen LogP contribution in [0.4, 0.5) is 10.5 Å². The highest BCUT2D eigenvalue weighted by Gasteiger charge is 2.09. The number of carbonyl (C=O) groups excluding carboxylic acids is 1. The summed E-state index contributed by atoms with van der Waals surface area (Å²) in [5, 5.41) is 6.48. The topological polar surface area (TPSA) is 71.3 Å². The number of carbonyl (C=O) groups is 1. The highest BCUT2D eigenvalue weighted by atomic mass is 16.4. The van der Waals surface area contributed by atoms with Crippen molar-refractivity contribution in [2.75, 3.05) is 11.9 Å². The molecule has 25 heavy (non-hydrogen) atoms. The number of nitrogens with one attached hydrogen (secondary N) is 2. The van der Waals surface area contributed by atoms with Crippen LogP contribution in [-0.2, 0) is 0 Å². The Morgan fingerprint density at radius 2 is 1.88 bits per heavy atom. The number of rotatable bonds is 4. The molecule has 3 rings (SSSR count). The second kappa shape index (κ2) is 7.21. The van der Waals surface area contributed by atoms with Gasteiger partial charge in [-0.15, -0.1) is 0 Å². The van der Waals surface area contributed by atoms with E-state index in [1.54, 1.807) is 12.1 Å². The van der Waals surface area contributed by atoms with Crippen molar-refractivity contribution in [1.82, 2.24) is 5.32 Å². The maximum atomic E-state index is 12.1. The summed E-state index contributed by atoms with van der Waals surface area (Å²) in [4.78, 5) is 23.6. The molecular formula is C20H20N2O3. The molecule has 2 N–H and O–H groups in total. The summed E-state index contributed by atoms with van der Waals surface area (Å²) in [6.45, 7) is 4.44. The lowest BCUT2D eigenvalue weighted by molar-refractivity contribution is 0.251. The zero-order valence-corrected chi connectivity index (χ0v) is 14.2. The zero-order valence-electron chi connectivity index (χ0n) is 14.2. The standard InChI is InChI=1S/C20H20N2O3/c1-13-10-19(23)25-18-11-16(8-9-17(13)18)22-20(24)21-12-14(2)15-6-4-3-5-7-15/h3-11,14H,12H2,1-2H3,(H2,21,22,24)/t14-/m0/s1. The van der Waals surface area contributed by atoms with E-state index in [1.807, 2.05) is 43.3 Å². The van der Waals surface area contributed by atoms with Crippen molar-refractivity contribution in [3.8, 4) is 0 Å². The SMILES string of the molecule is Cc1cc(=O)oc2cc(NC(=O)NC[C@H](C)c3ccccc3)ccc12. The summed E-state index contributed by atoms with van der Waals surface area (Å²) >= 11 is 0. The average molecular weight is 336 g/mol. The van der Waals surface area contributed by atoms with Crippen LogP contribution in [0.25, 0.3) is 11.0 Å². The van der Waals surface area contributed by atoms with E-state index in [2.05, 4.69) is 17.6 Å². The van der Waals surface area contributed by atoms with Gasteiger partial charge in [0.2, 0.25) is 0 Å². The van der Waals surface area contributed by atoms with Crippen LogP contribution in [0.2, 0.25) is 0 Å². The first-order chi connectivity index (χ1) is 12.0. The molecule has 1 heterocycles. The van der Waals surface area contributed by atoms with E-state index < -0.39 is 5.63 Å². The summed E-state index contributed by atoms with van der Waals surface area (Å²) in [6.07, 6.45) is 0. The summed E-state index contributed by atoms with van der Waals surface area (Å²) in [5.74, 6) is 0.212. The molecule has 0 aliphatic heterocycles. The predicted molar refractivity (Wildman–Crippen MR) is 99.1 cm³/mol. The largest absolute Gasteiger partial charge is 0.423 e. The van der Waals surface area contributed by atoms with Crippen LogP contribution >= 0.6 is 0 Å². The van der Waals surface area contributed by atoms with Gasteiger partial charge in [0.05, 0.1) is 0 Å². The second-order valence-corrected chi connectivity index (χ2v) is 6.11. The number of hydrogen-bond acceptors (Lipinski definition) is 3. The maximum Gasteiger partial charge on any atom is 0.336 e. The van der Waals surface area contributed by atoms with Crippen molar-refractivity contribution in [3.05, 3.63) is 76.1 Å². The maximum absolute atomic E-state index is 12.1. The third-order valence-corrected chi connectivity index (χ3v) is 4.15. The molecule has 2 amide bonds. The number of fused-ring (bicyclic) bond motifs is 1. The van der Waals surface area contributed by atoms with Gasteiger partial charge in [0.15, 0.2) is 0 Å². The van der Waals surface area contributed by atoms with Crippen molar-refractivity contribution in [3.63, 3.8) is 0 Å². The van der Waals surface area contributed by atoms with Crippen molar-refractivity contribution in [2.45, 2.75) is 19.8 Å². The molecule has 0 aliphatic carbocycles. The Morgan fingerprint density at radius 1 is 1.12 bits per heavy atom. The van der Waals surface area contributed by atoms with E-state index in [0.29, 0.717) is 17.8 Å². The first-order valence-corrected chi connectivity index (χ1v) is 8.17. The number of benzene rings is 2. The first-order valence-electron chi connectivity index (χ1n) is 8.17. The normalized spacial score (nSPS) is 11.9. The minimum atomic E-state index is -0.400. The van der Waals surface area contributed by atoms with Gasteiger partial charge in [-0.1, -0.05) is 37.3 Å². The summed E-state index contributed by atoms with van der Waals surface area (Å²) < 4.78 is 5.19. The lowest BCUT2D eigenvalue weighted by atomic mass is 10.0. The van der Waals surface area contributed by atoms with Crippen LogP contribution in [0.3, 0.4) is 0 Å². The Labute approximate surface area is 145 Å². The second-order valence-electron chi connectivity index (χ2n) is 6.11. The van der Waals surface area contributed by atoms with Gasteiger partial charge in [-0.2, -0.15) is 0 Å². The fraction of sp³-hybridized carbons (Fsp3) is 0.200. The zero-order chi connectivity index (χ0) is 17.8. The third kappa shape index (κ3) is 4.07. The number of anilines is 1. The van der Waals surface area contributed by atoms with Crippen LogP contribution in [0.5, 0.6) is 0 Å². The molecule has 0 radical (unpaired) electrons. The average Bonchev–Trinajstić information content (AvgIpc) is 2.60. The monoisotopic (exact) mass is 336 g/mol. The van der Waals surface area contributed by atoms with Crippen LogP contribution < -0.4 is 16.3 Å². The molecule has 5 heteroatoms. The molecule has 128 valence electrons. The van der Waals surface area contributed by atoms with Crippen molar-refractivity contribution >= 4 is 22.7 Å². The van der Waals surface area contributed by atoms with Crippen molar-refractivity contribution < 1.29 is 9.21 Å². The van der Waals surface area contributed by atoms with E-state index >= 15 is 0 Å². The quantitative estimate of drug-likeness (QED) is 0.707. The molecule has 0 saturated carbocycles.